The van der Waals surface area contributed by atoms with Crippen LogP contribution < -0.4 is 0 Å². The van der Waals surface area contributed by atoms with E-state index in [9.17, 15) is 9.59 Å². The third-order valence-corrected chi connectivity index (χ3v) is 5.49. The molecule has 24 heavy (non-hydrogen) atoms. The molecule has 3 rings (SSSR count). The largest absolute Gasteiger partial charge is 0.339 e. The number of hydrogen-bond donors (Lipinski definition) is 0. The Kier molecular flexibility index (Phi) is 5.05. The van der Waals surface area contributed by atoms with Gasteiger partial charge in [-0.1, -0.05) is 0 Å². The SMILES string of the molecule is Cc1nc(C(=O)N2CCC[C@@H]2C(=O)N2CCSCC2)ccc1C#N. The Balaban J connectivity index is 1.77. The lowest BCUT2D eigenvalue weighted by atomic mass is 10.1. The molecule has 1 aromatic heterocycles. The maximum atomic E-state index is 12.8. The Bertz CT molecular complexity index is 694. The van der Waals surface area contributed by atoms with E-state index in [1.807, 2.05) is 16.7 Å². The number of aryl methyl sites for hydroxylation is 1. The van der Waals surface area contributed by atoms with Gasteiger partial charge in [0.25, 0.3) is 5.91 Å². The molecule has 0 aliphatic carbocycles. The summed E-state index contributed by atoms with van der Waals surface area (Å²) in [5.74, 6) is 1.77. The van der Waals surface area contributed by atoms with E-state index in [2.05, 4.69) is 11.1 Å². The summed E-state index contributed by atoms with van der Waals surface area (Å²) >= 11 is 1.86. The molecule has 0 N–H and O–H groups in total. The summed E-state index contributed by atoms with van der Waals surface area (Å²) in [6, 6.07) is 4.86. The smallest absolute Gasteiger partial charge is 0.273 e. The van der Waals surface area contributed by atoms with Crippen LogP contribution in [0.25, 0.3) is 0 Å². The zero-order valence-corrected chi connectivity index (χ0v) is 14.5. The van der Waals surface area contributed by atoms with E-state index in [0.29, 0.717) is 29.9 Å². The van der Waals surface area contributed by atoms with Gasteiger partial charge in [0.1, 0.15) is 17.8 Å². The highest BCUT2D eigenvalue weighted by atomic mass is 32.2. The molecule has 0 aromatic carbocycles. The number of nitrogens with zero attached hydrogens (tertiary/aromatic N) is 4. The molecular weight excluding hydrogens is 324 g/mol. The minimum absolute atomic E-state index is 0.0616. The first-order chi connectivity index (χ1) is 11.6. The van der Waals surface area contributed by atoms with Gasteiger partial charge >= 0.3 is 0 Å². The molecule has 0 unspecified atom stereocenters. The Morgan fingerprint density at radius 1 is 1.29 bits per heavy atom. The number of rotatable bonds is 2. The number of likely N-dealkylation sites (tertiary alicyclic amines) is 1. The fraction of sp³-hybridized carbons (Fsp3) is 0.529. The van der Waals surface area contributed by atoms with E-state index in [0.717, 1.165) is 31.0 Å². The molecule has 0 radical (unpaired) electrons. The van der Waals surface area contributed by atoms with Crippen molar-refractivity contribution in [2.75, 3.05) is 31.1 Å². The topological polar surface area (TPSA) is 77.3 Å². The number of amides is 2. The van der Waals surface area contributed by atoms with Crippen LogP contribution in [0.5, 0.6) is 0 Å². The Morgan fingerprint density at radius 3 is 2.71 bits per heavy atom. The fourth-order valence-electron chi connectivity index (χ4n) is 3.21. The van der Waals surface area contributed by atoms with Gasteiger partial charge in [-0.15, -0.1) is 0 Å². The number of hydrogen-bond acceptors (Lipinski definition) is 5. The first-order valence-corrected chi connectivity index (χ1v) is 9.32. The molecular formula is C17H20N4O2S. The molecule has 2 aliphatic heterocycles. The number of pyridine rings is 1. The third-order valence-electron chi connectivity index (χ3n) is 4.55. The predicted molar refractivity (Wildman–Crippen MR) is 91.7 cm³/mol. The highest BCUT2D eigenvalue weighted by Crippen LogP contribution is 2.23. The second kappa shape index (κ2) is 7.22. The number of carbonyl (C=O) groups excluding carboxylic acids is 2. The third kappa shape index (κ3) is 3.24. The van der Waals surface area contributed by atoms with Gasteiger partial charge in [-0.2, -0.15) is 17.0 Å². The standard InChI is InChI=1S/C17H20N4O2S/c1-12-13(11-18)4-5-14(19-12)16(22)21-6-2-3-15(21)17(23)20-7-9-24-10-8-20/h4-5,15H,2-3,6-10H2,1H3/t15-/m1/s1. The summed E-state index contributed by atoms with van der Waals surface area (Å²) in [6.45, 7) is 3.82. The molecule has 1 aromatic rings. The van der Waals surface area contributed by atoms with Gasteiger partial charge in [-0.25, -0.2) is 4.98 Å². The van der Waals surface area contributed by atoms with E-state index in [1.54, 1.807) is 24.0 Å². The first-order valence-electron chi connectivity index (χ1n) is 8.17. The predicted octanol–water partition coefficient (Wildman–Crippen LogP) is 1.44. The van der Waals surface area contributed by atoms with E-state index in [1.165, 1.54) is 0 Å². The highest BCUT2D eigenvalue weighted by Gasteiger charge is 2.37. The zero-order valence-electron chi connectivity index (χ0n) is 13.7. The van der Waals surface area contributed by atoms with E-state index < -0.39 is 0 Å². The van der Waals surface area contributed by atoms with Crippen molar-refractivity contribution in [3.8, 4) is 6.07 Å². The Morgan fingerprint density at radius 2 is 2.04 bits per heavy atom. The normalized spacial score (nSPS) is 20.8. The molecule has 0 spiro atoms. The summed E-state index contributed by atoms with van der Waals surface area (Å²) in [7, 11) is 0. The molecule has 2 aliphatic rings. The second-order valence-electron chi connectivity index (χ2n) is 6.04. The Labute approximate surface area is 145 Å². The molecule has 0 saturated carbocycles. The molecule has 7 heteroatoms. The highest BCUT2D eigenvalue weighted by molar-refractivity contribution is 7.99. The molecule has 2 amide bonds. The summed E-state index contributed by atoms with van der Waals surface area (Å²) in [5.41, 5.74) is 1.31. The van der Waals surface area contributed by atoms with Crippen LogP contribution in [0.4, 0.5) is 0 Å². The van der Waals surface area contributed by atoms with Gasteiger partial charge < -0.3 is 9.80 Å². The molecule has 0 bridgehead atoms. The number of aromatic nitrogens is 1. The summed E-state index contributed by atoms with van der Waals surface area (Å²) in [6.07, 6.45) is 1.55. The van der Waals surface area contributed by atoms with Crippen molar-refractivity contribution in [2.24, 2.45) is 0 Å². The van der Waals surface area contributed by atoms with Gasteiger partial charge in [0.05, 0.1) is 11.3 Å². The molecule has 2 fully saturated rings. The zero-order chi connectivity index (χ0) is 17.1. The van der Waals surface area contributed by atoms with Crippen molar-refractivity contribution in [1.29, 1.82) is 5.26 Å². The number of nitriles is 1. The van der Waals surface area contributed by atoms with E-state index in [-0.39, 0.29) is 17.9 Å². The summed E-state index contributed by atoms with van der Waals surface area (Å²) in [5, 5.41) is 8.98. The first kappa shape index (κ1) is 16.8. The van der Waals surface area contributed by atoms with E-state index >= 15 is 0 Å². The minimum atomic E-state index is -0.377. The van der Waals surface area contributed by atoms with Crippen LogP contribution in [0.3, 0.4) is 0 Å². The van der Waals surface area contributed by atoms with Crippen molar-refractivity contribution < 1.29 is 9.59 Å². The van der Waals surface area contributed by atoms with Crippen LogP contribution >= 0.6 is 11.8 Å². The van der Waals surface area contributed by atoms with Crippen LogP contribution in [-0.4, -0.2) is 63.8 Å². The maximum absolute atomic E-state index is 12.8. The minimum Gasteiger partial charge on any atom is -0.339 e. The van der Waals surface area contributed by atoms with Gasteiger partial charge in [0.15, 0.2) is 0 Å². The lowest BCUT2D eigenvalue weighted by Gasteiger charge is -2.32. The quantitative estimate of drug-likeness (QED) is 0.811. The monoisotopic (exact) mass is 344 g/mol. The van der Waals surface area contributed by atoms with Gasteiger partial charge in [0, 0.05) is 31.1 Å². The fourth-order valence-corrected chi connectivity index (χ4v) is 4.11. The van der Waals surface area contributed by atoms with Gasteiger partial charge in [0.2, 0.25) is 5.91 Å². The van der Waals surface area contributed by atoms with Crippen molar-refractivity contribution in [2.45, 2.75) is 25.8 Å². The van der Waals surface area contributed by atoms with Crippen molar-refractivity contribution >= 4 is 23.6 Å². The molecule has 1 atom stereocenters. The maximum Gasteiger partial charge on any atom is 0.273 e. The van der Waals surface area contributed by atoms with Crippen LogP contribution in [-0.2, 0) is 4.79 Å². The van der Waals surface area contributed by atoms with Gasteiger partial charge in [-0.3, -0.25) is 9.59 Å². The van der Waals surface area contributed by atoms with E-state index in [4.69, 9.17) is 5.26 Å². The van der Waals surface area contributed by atoms with Crippen LogP contribution in [0, 0.1) is 18.3 Å². The Hall–Kier alpha value is -2.07. The summed E-state index contributed by atoms with van der Waals surface area (Å²) in [4.78, 5) is 33.4. The lowest BCUT2D eigenvalue weighted by Crippen LogP contribution is -2.50. The average Bonchev–Trinajstić information content (AvgIpc) is 3.10. The van der Waals surface area contributed by atoms with Gasteiger partial charge in [-0.05, 0) is 31.9 Å². The second-order valence-corrected chi connectivity index (χ2v) is 7.26. The number of carbonyl (C=O) groups is 2. The summed E-state index contributed by atoms with van der Waals surface area (Å²) < 4.78 is 0. The van der Waals surface area contributed by atoms with Crippen molar-refractivity contribution in [1.82, 2.24) is 14.8 Å². The molecule has 3 heterocycles. The average molecular weight is 344 g/mol. The molecule has 6 nitrogen and oxygen atoms in total. The number of thioether (sulfide) groups is 1. The van der Waals surface area contributed by atoms with Crippen LogP contribution in [0.15, 0.2) is 12.1 Å². The molecule has 2 saturated heterocycles. The van der Waals surface area contributed by atoms with Crippen LogP contribution in [0.2, 0.25) is 0 Å². The molecule has 126 valence electrons. The van der Waals surface area contributed by atoms with Crippen molar-refractivity contribution in [3.63, 3.8) is 0 Å². The van der Waals surface area contributed by atoms with Crippen LogP contribution in [0.1, 0.15) is 34.6 Å². The lowest BCUT2D eigenvalue weighted by molar-refractivity contribution is -0.134. The van der Waals surface area contributed by atoms with Crippen molar-refractivity contribution in [3.05, 3.63) is 29.1 Å².